The fourth-order valence-corrected chi connectivity index (χ4v) is 4.65. The maximum atomic E-state index is 13.3. The number of likely N-dealkylation sites (N-methyl/N-ethyl adjacent to an activating group) is 1. The normalized spacial score (nSPS) is 15.4. The molecule has 1 aliphatic rings. The number of carbonyl (C=O) groups excluding carboxylic acids is 1. The van der Waals surface area contributed by atoms with Crippen LogP contribution < -0.4 is 4.74 Å². The van der Waals surface area contributed by atoms with Gasteiger partial charge >= 0.3 is 0 Å². The fourth-order valence-electron chi connectivity index (χ4n) is 3.69. The van der Waals surface area contributed by atoms with Crippen molar-refractivity contribution in [2.24, 2.45) is 0 Å². The van der Waals surface area contributed by atoms with Gasteiger partial charge in [0, 0.05) is 36.6 Å². The molecule has 3 heterocycles. The molecule has 1 aromatic carbocycles. The summed E-state index contributed by atoms with van der Waals surface area (Å²) in [7, 11) is 3.79. The van der Waals surface area contributed by atoms with Crippen molar-refractivity contribution in [1.29, 1.82) is 0 Å². The number of aromatic nitrogens is 1. The first-order valence-corrected chi connectivity index (χ1v) is 10.1. The van der Waals surface area contributed by atoms with E-state index in [9.17, 15) is 4.79 Å². The number of amides is 1. The number of aryl methyl sites for hydroxylation is 1. The van der Waals surface area contributed by atoms with Crippen LogP contribution >= 0.6 is 11.3 Å². The second kappa shape index (κ2) is 7.37. The summed E-state index contributed by atoms with van der Waals surface area (Å²) >= 11 is 1.74. The number of ether oxygens (including phenoxy) is 1. The molecule has 0 unspecified atom stereocenters. The first-order valence-electron chi connectivity index (χ1n) is 9.26. The lowest BCUT2D eigenvalue weighted by molar-refractivity contribution is 0.0654. The van der Waals surface area contributed by atoms with Crippen molar-refractivity contribution < 1.29 is 9.53 Å². The Bertz CT molecular complexity index is 967. The number of para-hydroxylation sites is 1. The van der Waals surface area contributed by atoms with Gasteiger partial charge in [0.1, 0.15) is 11.4 Å². The van der Waals surface area contributed by atoms with Gasteiger partial charge in [-0.15, -0.1) is 11.3 Å². The summed E-state index contributed by atoms with van der Waals surface area (Å²) in [5.41, 5.74) is 2.97. The average Bonchev–Trinajstić information content (AvgIpc) is 3.19. The number of fused-ring (bicyclic) bond motifs is 1. The maximum absolute atomic E-state index is 13.3. The van der Waals surface area contributed by atoms with E-state index in [0.717, 1.165) is 48.7 Å². The molecule has 1 fully saturated rings. The van der Waals surface area contributed by atoms with E-state index >= 15 is 0 Å². The molecule has 1 saturated heterocycles. The summed E-state index contributed by atoms with van der Waals surface area (Å²) in [6, 6.07) is 12.3. The predicted octanol–water partition coefficient (Wildman–Crippen LogP) is 3.46. The smallest absolute Gasteiger partial charge is 0.270 e. The molecule has 2 aromatic heterocycles. The van der Waals surface area contributed by atoms with Crippen molar-refractivity contribution in [3.8, 4) is 5.75 Å². The van der Waals surface area contributed by atoms with Crippen molar-refractivity contribution >= 4 is 27.5 Å². The van der Waals surface area contributed by atoms with Crippen LogP contribution in [0.2, 0.25) is 0 Å². The average molecular weight is 384 g/mol. The van der Waals surface area contributed by atoms with Crippen LogP contribution in [-0.2, 0) is 6.54 Å². The molecule has 1 amide bonds. The second-order valence-corrected chi connectivity index (χ2v) is 8.42. The maximum Gasteiger partial charge on any atom is 0.270 e. The molecule has 27 heavy (non-hydrogen) atoms. The van der Waals surface area contributed by atoms with E-state index < -0.39 is 0 Å². The minimum Gasteiger partial charge on any atom is -0.496 e. The van der Waals surface area contributed by atoms with Crippen LogP contribution in [0.1, 0.15) is 20.9 Å². The number of thiophene rings is 1. The first-order chi connectivity index (χ1) is 13.1. The Morgan fingerprint density at radius 3 is 2.63 bits per heavy atom. The number of piperazine rings is 1. The molecule has 0 aliphatic carbocycles. The molecule has 0 radical (unpaired) electrons. The van der Waals surface area contributed by atoms with Gasteiger partial charge in [-0.25, -0.2) is 0 Å². The Morgan fingerprint density at radius 2 is 1.89 bits per heavy atom. The van der Waals surface area contributed by atoms with E-state index in [1.54, 1.807) is 18.4 Å². The Hall–Kier alpha value is -2.31. The highest BCUT2D eigenvalue weighted by Crippen LogP contribution is 2.31. The summed E-state index contributed by atoms with van der Waals surface area (Å²) < 4.78 is 8.84. The number of hydrogen-bond donors (Lipinski definition) is 0. The van der Waals surface area contributed by atoms with Crippen molar-refractivity contribution in [3.63, 3.8) is 0 Å². The van der Waals surface area contributed by atoms with Gasteiger partial charge < -0.3 is 19.1 Å². The third kappa shape index (κ3) is 3.47. The van der Waals surface area contributed by atoms with Crippen LogP contribution in [0.5, 0.6) is 5.75 Å². The first kappa shape index (κ1) is 18.1. The van der Waals surface area contributed by atoms with Crippen molar-refractivity contribution in [3.05, 3.63) is 52.5 Å². The Kier molecular flexibility index (Phi) is 4.93. The van der Waals surface area contributed by atoms with Crippen LogP contribution in [0.15, 0.2) is 36.4 Å². The van der Waals surface area contributed by atoms with E-state index in [0.29, 0.717) is 6.54 Å². The van der Waals surface area contributed by atoms with Crippen LogP contribution in [0.25, 0.3) is 10.2 Å². The number of rotatable bonds is 4. The molecule has 0 saturated carbocycles. The van der Waals surface area contributed by atoms with E-state index in [1.165, 1.54) is 9.58 Å². The van der Waals surface area contributed by atoms with Crippen LogP contribution in [-0.4, -0.2) is 60.6 Å². The summed E-state index contributed by atoms with van der Waals surface area (Å²) in [4.78, 5) is 18.8. The third-order valence-electron chi connectivity index (χ3n) is 5.24. The van der Waals surface area contributed by atoms with Crippen LogP contribution in [0.4, 0.5) is 0 Å². The summed E-state index contributed by atoms with van der Waals surface area (Å²) in [5, 5.41) is 0. The van der Waals surface area contributed by atoms with Crippen LogP contribution in [0, 0.1) is 6.92 Å². The van der Waals surface area contributed by atoms with Gasteiger partial charge in [-0.3, -0.25) is 4.79 Å². The van der Waals surface area contributed by atoms with E-state index in [4.69, 9.17) is 4.74 Å². The molecular formula is C21H25N3O2S. The molecule has 0 bridgehead atoms. The molecule has 0 N–H and O–H groups in total. The van der Waals surface area contributed by atoms with Gasteiger partial charge in [0.05, 0.1) is 23.9 Å². The molecule has 1 aliphatic heterocycles. The van der Waals surface area contributed by atoms with Crippen LogP contribution in [0.3, 0.4) is 0 Å². The second-order valence-electron chi connectivity index (χ2n) is 7.13. The number of nitrogens with zero attached hydrogens (tertiary/aromatic N) is 3. The predicted molar refractivity (Wildman–Crippen MR) is 110 cm³/mol. The van der Waals surface area contributed by atoms with E-state index in [-0.39, 0.29) is 5.91 Å². The number of carbonyl (C=O) groups is 1. The topological polar surface area (TPSA) is 37.7 Å². The molecule has 142 valence electrons. The fraction of sp³-hybridized carbons (Fsp3) is 0.381. The zero-order valence-electron chi connectivity index (χ0n) is 16.1. The summed E-state index contributed by atoms with van der Waals surface area (Å²) in [5.74, 6) is 0.975. The van der Waals surface area contributed by atoms with Gasteiger partial charge in [-0.2, -0.15) is 0 Å². The van der Waals surface area contributed by atoms with Gasteiger partial charge in [0.25, 0.3) is 5.91 Å². The highest BCUT2D eigenvalue weighted by molar-refractivity contribution is 7.19. The lowest BCUT2D eigenvalue weighted by atomic mass is 10.2. The van der Waals surface area contributed by atoms with Crippen molar-refractivity contribution in [2.75, 3.05) is 40.3 Å². The van der Waals surface area contributed by atoms with Crippen molar-refractivity contribution in [2.45, 2.75) is 13.5 Å². The van der Waals surface area contributed by atoms with Crippen molar-refractivity contribution in [1.82, 2.24) is 14.4 Å². The Labute approximate surface area is 163 Å². The highest BCUT2D eigenvalue weighted by atomic mass is 32.1. The van der Waals surface area contributed by atoms with Gasteiger partial charge in [0.15, 0.2) is 0 Å². The van der Waals surface area contributed by atoms with Gasteiger partial charge in [0.2, 0.25) is 0 Å². The minimum atomic E-state index is 0.124. The number of methoxy groups -OCH3 is 1. The Morgan fingerprint density at radius 1 is 1.15 bits per heavy atom. The zero-order valence-corrected chi connectivity index (χ0v) is 16.9. The molecule has 4 rings (SSSR count). The lowest BCUT2D eigenvalue weighted by Crippen LogP contribution is -2.47. The van der Waals surface area contributed by atoms with E-state index in [1.807, 2.05) is 23.1 Å². The molecule has 3 aromatic rings. The van der Waals surface area contributed by atoms with E-state index in [2.05, 4.69) is 41.6 Å². The van der Waals surface area contributed by atoms with Gasteiger partial charge in [-0.05, 0) is 32.2 Å². The third-order valence-corrected chi connectivity index (χ3v) is 6.23. The molecule has 5 nitrogen and oxygen atoms in total. The zero-order chi connectivity index (χ0) is 19.0. The quantitative estimate of drug-likeness (QED) is 0.692. The largest absolute Gasteiger partial charge is 0.496 e. The lowest BCUT2D eigenvalue weighted by Gasteiger charge is -2.32. The number of hydrogen-bond acceptors (Lipinski definition) is 4. The monoisotopic (exact) mass is 383 g/mol. The molecular weight excluding hydrogens is 358 g/mol. The number of benzene rings is 1. The minimum absolute atomic E-state index is 0.124. The van der Waals surface area contributed by atoms with Gasteiger partial charge in [-0.1, -0.05) is 18.2 Å². The standard InChI is InChI=1S/C21H25N3O2S/c1-15-12-17-20(27-15)13-18(21(25)23-10-8-22(2)9-11-23)24(17)14-16-6-4-5-7-19(16)26-3/h4-7,12-13H,8-11,14H2,1-3H3. The molecule has 0 atom stereocenters. The summed E-state index contributed by atoms with van der Waals surface area (Å²) in [6.45, 7) is 6.14. The summed E-state index contributed by atoms with van der Waals surface area (Å²) in [6.07, 6.45) is 0. The highest BCUT2D eigenvalue weighted by Gasteiger charge is 2.25. The molecule has 6 heteroatoms. The SMILES string of the molecule is COc1ccccc1Cn1c(C(=O)N2CCN(C)CC2)cc2sc(C)cc21. The Balaban J connectivity index is 1.73. The molecule has 0 spiro atoms.